The number of likely N-dealkylation sites (tertiary alicyclic amines) is 1. The third kappa shape index (κ3) is 10.5. The zero-order valence-electron chi connectivity index (χ0n) is 24.9. The van der Waals surface area contributed by atoms with Crippen LogP contribution < -0.4 is 21.7 Å². The van der Waals surface area contributed by atoms with E-state index in [0.29, 0.717) is 24.9 Å². The van der Waals surface area contributed by atoms with Gasteiger partial charge < -0.3 is 41.9 Å². The van der Waals surface area contributed by atoms with Gasteiger partial charge >= 0.3 is 11.9 Å². The molecule has 5 atom stereocenters. The molecule has 238 valence electrons. The maximum Gasteiger partial charge on any atom is 0.326 e. The predicted molar refractivity (Wildman–Crippen MR) is 154 cm³/mol. The Labute approximate surface area is 250 Å². The van der Waals surface area contributed by atoms with Crippen molar-refractivity contribution < 1.29 is 44.1 Å². The van der Waals surface area contributed by atoms with Crippen LogP contribution in [0.2, 0.25) is 0 Å². The van der Waals surface area contributed by atoms with Crippen molar-refractivity contribution in [1.29, 1.82) is 0 Å². The Morgan fingerprint density at radius 2 is 1.49 bits per heavy atom. The Hall–Kier alpha value is -4.20. The molecule has 14 heteroatoms. The minimum Gasteiger partial charge on any atom is -0.508 e. The van der Waals surface area contributed by atoms with Gasteiger partial charge in [-0.3, -0.25) is 24.0 Å². The third-order valence-electron chi connectivity index (χ3n) is 7.18. The van der Waals surface area contributed by atoms with Gasteiger partial charge in [0, 0.05) is 13.0 Å². The number of carbonyl (C=O) groups excluding carboxylic acids is 4. The minimum absolute atomic E-state index is 0.00148. The van der Waals surface area contributed by atoms with Gasteiger partial charge in [-0.1, -0.05) is 39.8 Å². The number of amides is 4. The van der Waals surface area contributed by atoms with E-state index in [0.717, 1.165) is 0 Å². The monoisotopic (exact) mass is 605 g/mol. The molecule has 0 saturated carbocycles. The standard InChI is InChI=1S/C29H43N5O9/c1-15(2)12-19(25(38)33-21(29(42)43)14-23(36)37)31-26(39)20(13-17-7-9-18(35)10-8-17)32-27(40)22-6-5-11-34(22)28(41)24(30)16(3)4/h7-10,15-16,19-22,24,35H,5-6,11-14,30H2,1-4H3,(H,31,39)(H,32,40)(H,33,38)(H,36,37)(H,42,43)/t19-,20-,21-,22-,24-/m0/s1. The van der Waals surface area contributed by atoms with Crippen molar-refractivity contribution in [3.05, 3.63) is 29.8 Å². The first-order chi connectivity index (χ1) is 20.1. The lowest BCUT2D eigenvalue weighted by atomic mass is 10.00. The van der Waals surface area contributed by atoms with Crippen molar-refractivity contribution in [3.63, 3.8) is 0 Å². The van der Waals surface area contributed by atoms with Crippen molar-refractivity contribution in [2.75, 3.05) is 6.54 Å². The fraction of sp³-hybridized carbons (Fsp3) is 0.586. The average Bonchev–Trinajstić information content (AvgIpc) is 3.41. The lowest BCUT2D eigenvalue weighted by Crippen LogP contribution is -2.59. The molecule has 4 amide bonds. The van der Waals surface area contributed by atoms with Gasteiger partial charge in [-0.2, -0.15) is 0 Å². The second kappa shape index (κ2) is 15.9. The van der Waals surface area contributed by atoms with Gasteiger partial charge in [0.15, 0.2) is 0 Å². The Kier molecular flexibility index (Phi) is 12.9. The van der Waals surface area contributed by atoms with E-state index in [1.165, 1.54) is 17.0 Å². The number of hydrogen-bond acceptors (Lipinski definition) is 8. The highest BCUT2D eigenvalue weighted by Crippen LogP contribution is 2.20. The average molecular weight is 606 g/mol. The Balaban J connectivity index is 2.31. The highest BCUT2D eigenvalue weighted by atomic mass is 16.4. The van der Waals surface area contributed by atoms with Crippen LogP contribution in [-0.4, -0.2) is 92.5 Å². The number of aromatic hydroxyl groups is 1. The van der Waals surface area contributed by atoms with E-state index in [1.54, 1.807) is 39.8 Å². The van der Waals surface area contributed by atoms with Crippen LogP contribution in [0.3, 0.4) is 0 Å². The van der Waals surface area contributed by atoms with Gasteiger partial charge in [0.1, 0.15) is 29.9 Å². The summed E-state index contributed by atoms with van der Waals surface area (Å²) in [6.07, 6.45) is 0.140. The Bertz CT molecular complexity index is 1170. The number of aliphatic carboxylic acids is 2. The molecule has 0 unspecified atom stereocenters. The normalized spacial score (nSPS) is 17.6. The lowest BCUT2D eigenvalue weighted by molar-refractivity contribution is -0.147. The van der Waals surface area contributed by atoms with Gasteiger partial charge in [0.05, 0.1) is 12.5 Å². The summed E-state index contributed by atoms with van der Waals surface area (Å²) in [5, 5.41) is 35.5. The second-order valence-electron chi connectivity index (χ2n) is 11.6. The summed E-state index contributed by atoms with van der Waals surface area (Å²) in [5.41, 5.74) is 6.63. The van der Waals surface area contributed by atoms with E-state index >= 15 is 0 Å². The largest absolute Gasteiger partial charge is 0.508 e. The van der Waals surface area contributed by atoms with Crippen molar-refractivity contribution in [2.24, 2.45) is 17.6 Å². The molecule has 1 fully saturated rings. The summed E-state index contributed by atoms with van der Waals surface area (Å²) in [4.78, 5) is 77.1. The molecule has 0 bridgehead atoms. The van der Waals surface area contributed by atoms with Gasteiger partial charge in [0.25, 0.3) is 0 Å². The SMILES string of the molecule is CC(C)C[C@H](NC(=O)[C@H](Cc1ccc(O)cc1)NC(=O)[C@@H]1CCCN1C(=O)[C@@H](N)C(C)C)C(=O)N[C@@H](CC(=O)O)C(=O)O. The van der Waals surface area contributed by atoms with Crippen LogP contribution >= 0.6 is 0 Å². The van der Waals surface area contributed by atoms with Crippen LogP contribution in [0.25, 0.3) is 0 Å². The summed E-state index contributed by atoms with van der Waals surface area (Å²) >= 11 is 0. The Morgan fingerprint density at radius 3 is 2.02 bits per heavy atom. The van der Waals surface area contributed by atoms with Gasteiger partial charge in [-0.25, -0.2) is 4.79 Å². The maximum atomic E-state index is 13.6. The summed E-state index contributed by atoms with van der Waals surface area (Å²) in [6.45, 7) is 7.50. The van der Waals surface area contributed by atoms with Crippen molar-refractivity contribution in [1.82, 2.24) is 20.9 Å². The summed E-state index contributed by atoms with van der Waals surface area (Å²) in [5.74, 6) is -5.83. The highest BCUT2D eigenvalue weighted by Gasteiger charge is 2.39. The quantitative estimate of drug-likeness (QED) is 0.141. The van der Waals surface area contributed by atoms with Gasteiger partial charge in [0.2, 0.25) is 23.6 Å². The first-order valence-corrected chi connectivity index (χ1v) is 14.3. The molecule has 1 aliphatic rings. The zero-order valence-corrected chi connectivity index (χ0v) is 24.9. The number of rotatable bonds is 15. The van der Waals surface area contributed by atoms with E-state index in [2.05, 4.69) is 16.0 Å². The molecule has 1 aromatic carbocycles. The Morgan fingerprint density at radius 1 is 0.907 bits per heavy atom. The van der Waals surface area contributed by atoms with E-state index in [9.17, 15) is 39.0 Å². The summed E-state index contributed by atoms with van der Waals surface area (Å²) in [6, 6.07) is 0.145. The van der Waals surface area contributed by atoms with Gasteiger partial charge in [-0.15, -0.1) is 0 Å². The molecule has 0 aromatic heterocycles. The molecule has 8 N–H and O–H groups in total. The first-order valence-electron chi connectivity index (χ1n) is 14.3. The van der Waals surface area contributed by atoms with E-state index in [1.807, 2.05) is 0 Å². The summed E-state index contributed by atoms with van der Waals surface area (Å²) in [7, 11) is 0. The van der Waals surface area contributed by atoms with E-state index < -0.39 is 66.3 Å². The number of nitrogens with two attached hydrogens (primary N) is 1. The number of carboxylic acids is 2. The summed E-state index contributed by atoms with van der Waals surface area (Å²) < 4.78 is 0. The molecule has 0 radical (unpaired) electrons. The molecule has 1 aromatic rings. The first kappa shape index (κ1) is 35.0. The number of phenolic OH excluding ortho intramolecular Hbond substituents is 1. The van der Waals surface area contributed by atoms with Crippen LogP contribution in [0.1, 0.15) is 58.9 Å². The molecule has 43 heavy (non-hydrogen) atoms. The van der Waals surface area contributed by atoms with Crippen LogP contribution in [0.4, 0.5) is 0 Å². The van der Waals surface area contributed by atoms with Crippen molar-refractivity contribution in [3.8, 4) is 5.75 Å². The fourth-order valence-corrected chi connectivity index (χ4v) is 4.75. The molecule has 2 rings (SSSR count). The lowest BCUT2D eigenvalue weighted by Gasteiger charge is -2.30. The second-order valence-corrected chi connectivity index (χ2v) is 11.6. The number of nitrogens with one attached hydrogen (secondary N) is 3. The molecule has 1 aliphatic heterocycles. The van der Waals surface area contributed by atoms with E-state index in [4.69, 9.17) is 10.8 Å². The fourth-order valence-electron chi connectivity index (χ4n) is 4.75. The predicted octanol–water partition coefficient (Wildman–Crippen LogP) is -0.0312. The molecular formula is C29H43N5O9. The van der Waals surface area contributed by atoms with E-state index in [-0.39, 0.29) is 36.3 Å². The minimum atomic E-state index is -1.72. The number of carbonyl (C=O) groups is 6. The number of benzene rings is 1. The molecule has 1 heterocycles. The third-order valence-corrected chi connectivity index (χ3v) is 7.18. The molecule has 1 saturated heterocycles. The van der Waals surface area contributed by atoms with Crippen LogP contribution in [0.15, 0.2) is 24.3 Å². The molecular weight excluding hydrogens is 562 g/mol. The van der Waals surface area contributed by atoms with Crippen LogP contribution in [-0.2, 0) is 35.2 Å². The van der Waals surface area contributed by atoms with Crippen LogP contribution in [0, 0.1) is 11.8 Å². The van der Waals surface area contributed by atoms with Crippen LogP contribution in [0.5, 0.6) is 5.75 Å². The molecule has 14 nitrogen and oxygen atoms in total. The molecule has 0 aliphatic carbocycles. The van der Waals surface area contributed by atoms with Gasteiger partial charge in [-0.05, 0) is 48.8 Å². The number of phenols is 1. The number of nitrogens with zero attached hydrogens (tertiary/aromatic N) is 1. The van der Waals surface area contributed by atoms with Crippen molar-refractivity contribution >= 4 is 35.6 Å². The molecule has 0 spiro atoms. The maximum absolute atomic E-state index is 13.6. The highest BCUT2D eigenvalue weighted by molar-refractivity contribution is 5.96. The van der Waals surface area contributed by atoms with Crippen molar-refractivity contribution in [2.45, 2.75) is 90.0 Å². The number of carboxylic acid groups (broad SMARTS) is 2. The smallest absolute Gasteiger partial charge is 0.326 e. The zero-order chi connectivity index (χ0) is 32.4. The number of hydrogen-bond donors (Lipinski definition) is 7. The topological polar surface area (TPSA) is 228 Å².